The summed E-state index contributed by atoms with van der Waals surface area (Å²) in [5.74, 6) is 1.85. The molecular formula is C13H20O2. The maximum atomic E-state index is 5.60. The fraction of sp³-hybridized carbons (Fsp3) is 0.538. The lowest BCUT2D eigenvalue weighted by atomic mass is 10.1. The molecule has 0 heterocycles. The second kappa shape index (κ2) is 6.33. The van der Waals surface area contributed by atoms with Crippen molar-refractivity contribution in [3.05, 3.63) is 23.8 Å². The van der Waals surface area contributed by atoms with Crippen LogP contribution in [0.3, 0.4) is 0 Å². The Morgan fingerprint density at radius 2 is 1.73 bits per heavy atom. The first-order valence-electron chi connectivity index (χ1n) is 5.70. The van der Waals surface area contributed by atoms with E-state index in [1.807, 2.05) is 26.0 Å². The van der Waals surface area contributed by atoms with Crippen LogP contribution in [0.4, 0.5) is 0 Å². The Kier molecular flexibility index (Phi) is 5.02. The van der Waals surface area contributed by atoms with E-state index in [0.717, 1.165) is 24.3 Å². The van der Waals surface area contributed by atoms with Crippen LogP contribution in [-0.4, -0.2) is 13.2 Å². The van der Waals surface area contributed by atoms with Crippen molar-refractivity contribution in [1.29, 1.82) is 0 Å². The lowest BCUT2D eigenvalue weighted by Crippen LogP contribution is -1.98. The number of rotatable bonds is 6. The van der Waals surface area contributed by atoms with Crippen LogP contribution >= 0.6 is 0 Å². The van der Waals surface area contributed by atoms with Gasteiger partial charge in [-0.2, -0.15) is 0 Å². The number of benzene rings is 1. The molecule has 0 saturated heterocycles. The van der Waals surface area contributed by atoms with Gasteiger partial charge in [0.05, 0.1) is 13.2 Å². The van der Waals surface area contributed by atoms with Crippen LogP contribution in [0.2, 0.25) is 0 Å². The van der Waals surface area contributed by atoms with Crippen molar-refractivity contribution in [1.82, 2.24) is 0 Å². The van der Waals surface area contributed by atoms with E-state index in [0.29, 0.717) is 13.2 Å². The monoisotopic (exact) mass is 208 g/mol. The molecular weight excluding hydrogens is 188 g/mol. The van der Waals surface area contributed by atoms with Crippen LogP contribution in [0, 0.1) is 0 Å². The first-order chi connectivity index (χ1) is 7.31. The van der Waals surface area contributed by atoms with E-state index < -0.39 is 0 Å². The van der Waals surface area contributed by atoms with Crippen LogP contribution in [0.25, 0.3) is 0 Å². The zero-order valence-corrected chi connectivity index (χ0v) is 9.88. The minimum Gasteiger partial charge on any atom is -0.494 e. The molecule has 1 aromatic rings. The van der Waals surface area contributed by atoms with E-state index in [4.69, 9.17) is 9.47 Å². The molecule has 0 atom stereocenters. The fourth-order valence-electron chi connectivity index (χ4n) is 1.56. The molecule has 84 valence electrons. The number of ether oxygens (including phenoxy) is 2. The fourth-order valence-corrected chi connectivity index (χ4v) is 1.56. The first-order valence-corrected chi connectivity index (χ1v) is 5.70. The summed E-state index contributed by atoms with van der Waals surface area (Å²) < 4.78 is 11.0. The van der Waals surface area contributed by atoms with E-state index in [9.17, 15) is 0 Å². The van der Waals surface area contributed by atoms with Crippen LogP contribution < -0.4 is 9.47 Å². The predicted molar refractivity (Wildman–Crippen MR) is 62.8 cm³/mol. The zero-order valence-electron chi connectivity index (χ0n) is 9.88. The normalized spacial score (nSPS) is 10.1. The summed E-state index contributed by atoms with van der Waals surface area (Å²) in [7, 11) is 0. The third kappa shape index (κ3) is 3.46. The van der Waals surface area contributed by atoms with Gasteiger partial charge >= 0.3 is 0 Å². The Morgan fingerprint density at radius 3 is 2.33 bits per heavy atom. The average Bonchev–Trinajstić information content (AvgIpc) is 2.23. The van der Waals surface area contributed by atoms with Gasteiger partial charge in [-0.1, -0.05) is 19.4 Å². The molecule has 0 aliphatic rings. The SMILES string of the molecule is CCCc1ccc(OCC)cc1OCC. The summed E-state index contributed by atoms with van der Waals surface area (Å²) in [6.45, 7) is 7.56. The molecule has 0 spiro atoms. The summed E-state index contributed by atoms with van der Waals surface area (Å²) in [5.41, 5.74) is 1.27. The molecule has 0 aliphatic heterocycles. The van der Waals surface area contributed by atoms with Gasteiger partial charge < -0.3 is 9.47 Å². The highest BCUT2D eigenvalue weighted by Gasteiger charge is 2.04. The average molecular weight is 208 g/mol. The van der Waals surface area contributed by atoms with Crippen molar-refractivity contribution in [2.45, 2.75) is 33.6 Å². The second-order valence-electron chi connectivity index (χ2n) is 3.39. The third-order valence-electron chi connectivity index (χ3n) is 2.17. The topological polar surface area (TPSA) is 18.5 Å². The van der Waals surface area contributed by atoms with Gasteiger partial charge in [-0.3, -0.25) is 0 Å². The summed E-state index contributed by atoms with van der Waals surface area (Å²) in [6, 6.07) is 6.09. The lowest BCUT2D eigenvalue weighted by Gasteiger charge is -2.11. The highest BCUT2D eigenvalue weighted by molar-refractivity contribution is 5.40. The van der Waals surface area contributed by atoms with Crippen molar-refractivity contribution in [3.63, 3.8) is 0 Å². The van der Waals surface area contributed by atoms with Crippen molar-refractivity contribution >= 4 is 0 Å². The molecule has 0 N–H and O–H groups in total. The van der Waals surface area contributed by atoms with Gasteiger partial charge in [0, 0.05) is 6.07 Å². The molecule has 2 heteroatoms. The zero-order chi connectivity index (χ0) is 11.1. The van der Waals surface area contributed by atoms with Gasteiger partial charge in [-0.15, -0.1) is 0 Å². The van der Waals surface area contributed by atoms with E-state index in [-0.39, 0.29) is 0 Å². The molecule has 0 fully saturated rings. The van der Waals surface area contributed by atoms with Crippen molar-refractivity contribution < 1.29 is 9.47 Å². The van der Waals surface area contributed by atoms with E-state index in [1.165, 1.54) is 5.56 Å². The van der Waals surface area contributed by atoms with Gasteiger partial charge in [0.15, 0.2) is 0 Å². The highest BCUT2D eigenvalue weighted by atomic mass is 16.5. The van der Waals surface area contributed by atoms with Gasteiger partial charge in [0.1, 0.15) is 11.5 Å². The van der Waals surface area contributed by atoms with Crippen molar-refractivity contribution in [2.24, 2.45) is 0 Å². The molecule has 1 aromatic carbocycles. The van der Waals surface area contributed by atoms with E-state index in [1.54, 1.807) is 0 Å². The van der Waals surface area contributed by atoms with E-state index in [2.05, 4.69) is 13.0 Å². The standard InChI is InChI=1S/C13H20O2/c1-4-7-11-8-9-12(14-5-2)10-13(11)15-6-3/h8-10H,4-7H2,1-3H3. The molecule has 0 radical (unpaired) electrons. The molecule has 2 nitrogen and oxygen atoms in total. The summed E-state index contributed by atoms with van der Waals surface area (Å²) >= 11 is 0. The summed E-state index contributed by atoms with van der Waals surface area (Å²) in [4.78, 5) is 0. The Morgan fingerprint density at radius 1 is 1.00 bits per heavy atom. The van der Waals surface area contributed by atoms with Crippen molar-refractivity contribution in [3.8, 4) is 11.5 Å². The van der Waals surface area contributed by atoms with Gasteiger partial charge in [-0.25, -0.2) is 0 Å². The Balaban J connectivity index is 2.87. The van der Waals surface area contributed by atoms with Crippen LogP contribution in [-0.2, 0) is 6.42 Å². The number of aryl methyl sites for hydroxylation is 1. The predicted octanol–water partition coefficient (Wildman–Crippen LogP) is 3.44. The number of hydrogen-bond acceptors (Lipinski definition) is 2. The van der Waals surface area contributed by atoms with Crippen LogP contribution in [0.5, 0.6) is 11.5 Å². The largest absolute Gasteiger partial charge is 0.494 e. The van der Waals surface area contributed by atoms with Gasteiger partial charge in [0.25, 0.3) is 0 Å². The van der Waals surface area contributed by atoms with Gasteiger partial charge in [-0.05, 0) is 31.9 Å². The quantitative estimate of drug-likeness (QED) is 0.713. The summed E-state index contributed by atoms with van der Waals surface area (Å²) in [6.07, 6.45) is 2.19. The molecule has 0 amide bonds. The number of hydrogen-bond donors (Lipinski definition) is 0. The van der Waals surface area contributed by atoms with Crippen LogP contribution in [0.1, 0.15) is 32.8 Å². The third-order valence-corrected chi connectivity index (χ3v) is 2.17. The maximum Gasteiger partial charge on any atom is 0.126 e. The van der Waals surface area contributed by atoms with Crippen LogP contribution in [0.15, 0.2) is 18.2 Å². The molecule has 0 saturated carbocycles. The Bertz CT molecular complexity index is 295. The first kappa shape index (κ1) is 11.9. The molecule has 1 rings (SSSR count). The second-order valence-corrected chi connectivity index (χ2v) is 3.39. The minimum atomic E-state index is 0.693. The molecule has 15 heavy (non-hydrogen) atoms. The molecule has 0 aromatic heterocycles. The maximum absolute atomic E-state index is 5.60. The molecule has 0 bridgehead atoms. The van der Waals surface area contributed by atoms with Crippen molar-refractivity contribution in [2.75, 3.05) is 13.2 Å². The van der Waals surface area contributed by atoms with E-state index >= 15 is 0 Å². The minimum absolute atomic E-state index is 0.693. The molecule has 0 aliphatic carbocycles. The Hall–Kier alpha value is -1.18. The molecule has 0 unspecified atom stereocenters. The Labute approximate surface area is 92.2 Å². The van der Waals surface area contributed by atoms with Gasteiger partial charge in [0.2, 0.25) is 0 Å². The summed E-state index contributed by atoms with van der Waals surface area (Å²) in [5, 5.41) is 0. The lowest BCUT2D eigenvalue weighted by molar-refractivity contribution is 0.320. The highest BCUT2D eigenvalue weighted by Crippen LogP contribution is 2.26. The smallest absolute Gasteiger partial charge is 0.126 e.